The standard InChI is InChI=1S/C22H24N4O2/c1-21(12-16-5-3-4-10-24-16)13-22(19(27)26(2)20(23)25-22)17-11-15(14-6-7-14)8-9-18(17)28-21/h3-5,8-11,14H,6-7,12-13H2,1-2H3,(H2,23,25). The van der Waals surface area contributed by atoms with Crippen molar-refractivity contribution in [3.8, 4) is 5.75 Å². The van der Waals surface area contributed by atoms with Gasteiger partial charge in [-0.3, -0.25) is 14.7 Å². The van der Waals surface area contributed by atoms with Crippen molar-refractivity contribution >= 4 is 11.9 Å². The van der Waals surface area contributed by atoms with Crippen LogP contribution in [0.2, 0.25) is 0 Å². The maximum atomic E-state index is 13.4. The van der Waals surface area contributed by atoms with E-state index in [9.17, 15) is 4.79 Å². The molecule has 144 valence electrons. The van der Waals surface area contributed by atoms with Crippen LogP contribution in [0.1, 0.15) is 48.9 Å². The van der Waals surface area contributed by atoms with Gasteiger partial charge in [-0.25, -0.2) is 4.99 Å². The quantitative estimate of drug-likeness (QED) is 0.893. The van der Waals surface area contributed by atoms with Crippen LogP contribution in [0.3, 0.4) is 0 Å². The van der Waals surface area contributed by atoms with E-state index in [1.165, 1.54) is 23.3 Å². The minimum atomic E-state index is -1.03. The summed E-state index contributed by atoms with van der Waals surface area (Å²) < 4.78 is 6.46. The molecule has 6 nitrogen and oxygen atoms in total. The number of fused-ring (bicyclic) bond motifs is 2. The van der Waals surface area contributed by atoms with Gasteiger partial charge in [-0.1, -0.05) is 12.1 Å². The minimum Gasteiger partial charge on any atom is -0.487 e. The number of nitrogens with two attached hydrogens (primary N) is 1. The maximum absolute atomic E-state index is 13.4. The second kappa shape index (κ2) is 5.80. The Morgan fingerprint density at radius 3 is 2.75 bits per heavy atom. The van der Waals surface area contributed by atoms with Crippen molar-refractivity contribution in [2.45, 2.75) is 49.7 Å². The zero-order chi connectivity index (χ0) is 19.5. The Morgan fingerprint density at radius 1 is 1.29 bits per heavy atom. The molecule has 2 atom stereocenters. The molecule has 0 radical (unpaired) electrons. The first kappa shape index (κ1) is 17.2. The molecule has 1 spiro atoms. The molecular formula is C22H24N4O2. The highest BCUT2D eigenvalue weighted by Crippen LogP contribution is 2.51. The minimum absolute atomic E-state index is 0.0882. The van der Waals surface area contributed by atoms with Gasteiger partial charge in [0.05, 0.1) is 0 Å². The predicted molar refractivity (Wildman–Crippen MR) is 106 cm³/mol. The van der Waals surface area contributed by atoms with Crippen LogP contribution in [0.4, 0.5) is 0 Å². The third kappa shape index (κ3) is 2.58. The summed E-state index contributed by atoms with van der Waals surface area (Å²) in [5.74, 6) is 1.47. The number of hydrogen-bond acceptors (Lipinski definition) is 5. The summed E-state index contributed by atoms with van der Waals surface area (Å²) in [5.41, 5.74) is 7.46. The molecule has 2 aromatic rings. The molecule has 1 fully saturated rings. The lowest BCUT2D eigenvalue weighted by Gasteiger charge is -2.43. The summed E-state index contributed by atoms with van der Waals surface area (Å²) in [5, 5.41) is 0. The molecule has 1 saturated carbocycles. The van der Waals surface area contributed by atoms with E-state index >= 15 is 0 Å². The van der Waals surface area contributed by atoms with Gasteiger partial charge >= 0.3 is 0 Å². The van der Waals surface area contributed by atoms with E-state index in [0.717, 1.165) is 11.3 Å². The number of pyridine rings is 1. The van der Waals surface area contributed by atoms with Gasteiger partial charge in [-0.2, -0.15) is 0 Å². The topological polar surface area (TPSA) is 80.8 Å². The van der Waals surface area contributed by atoms with E-state index in [0.29, 0.717) is 24.5 Å². The molecule has 1 aromatic heterocycles. The van der Waals surface area contributed by atoms with Crippen molar-refractivity contribution < 1.29 is 9.53 Å². The molecule has 6 heteroatoms. The van der Waals surface area contributed by atoms with E-state index in [2.05, 4.69) is 17.1 Å². The summed E-state index contributed by atoms with van der Waals surface area (Å²) in [6.45, 7) is 2.03. The smallest absolute Gasteiger partial charge is 0.261 e. The number of ether oxygens (including phenoxy) is 1. The molecule has 2 aliphatic heterocycles. The highest BCUT2D eigenvalue weighted by molar-refractivity contribution is 6.07. The Kier molecular flexibility index (Phi) is 3.57. The number of amides is 1. The van der Waals surface area contributed by atoms with E-state index in [1.807, 2.05) is 31.2 Å². The molecule has 1 amide bonds. The number of likely N-dealkylation sites (N-methyl/N-ethyl adjacent to an activating group) is 1. The first-order valence-electron chi connectivity index (χ1n) is 9.77. The fourth-order valence-corrected chi connectivity index (χ4v) is 4.54. The third-order valence-electron chi connectivity index (χ3n) is 6.07. The van der Waals surface area contributed by atoms with E-state index in [4.69, 9.17) is 15.5 Å². The fourth-order valence-electron chi connectivity index (χ4n) is 4.54. The second-order valence-corrected chi connectivity index (χ2v) is 8.45. The van der Waals surface area contributed by atoms with Crippen LogP contribution >= 0.6 is 0 Å². The average Bonchev–Trinajstić information content (AvgIpc) is 3.49. The number of nitrogens with zero attached hydrogens (tertiary/aromatic N) is 3. The van der Waals surface area contributed by atoms with Gasteiger partial charge in [0.15, 0.2) is 11.5 Å². The lowest BCUT2D eigenvalue weighted by atomic mass is 9.75. The summed E-state index contributed by atoms with van der Waals surface area (Å²) in [7, 11) is 1.69. The first-order chi connectivity index (χ1) is 13.4. The number of aromatic nitrogens is 1. The van der Waals surface area contributed by atoms with E-state index in [-0.39, 0.29) is 11.9 Å². The first-order valence-corrected chi connectivity index (χ1v) is 9.77. The number of guanidine groups is 1. The molecule has 3 heterocycles. The van der Waals surface area contributed by atoms with Crippen LogP contribution in [-0.2, 0) is 16.8 Å². The Bertz CT molecular complexity index is 985. The normalized spacial score (nSPS) is 28.9. The average molecular weight is 376 g/mol. The van der Waals surface area contributed by atoms with Gasteiger partial charge in [0.1, 0.15) is 11.4 Å². The van der Waals surface area contributed by atoms with Gasteiger partial charge in [-0.05, 0) is 55.5 Å². The van der Waals surface area contributed by atoms with Crippen molar-refractivity contribution in [3.63, 3.8) is 0 Å². The second-order valence-electron chi connectivity index (χ2n) is 8.45. The lowest BCUT2D eigenvalue weighted by Crippen LogP contribution is -2.51. The van der Waals surface area contributed by atoms with Gasteiger partial charge in [-0.15, -0.1) is 0 Å². The van der Waals surface area contributed by atoms with Crippen molar-refractivity contribution in [3.05, 3.63) is 59.4 Å². The predicted octanol–water partition coefficient (Wildman–Crippen LogP) is 2.72. The molecule has 28 heavy (non-hydrogen) atoms. The zero-order valence-corrected chi connectivity index (χ0v) is 16.2. The van der Waals surface area contributed by atoms with Crippen LogP contribution in [0.15, 0.2) is 47.6 Å². The monoisotopic (exact) mass is 376 g/mol. The lowest BCUT2D eigenvalue weighted by molar-refractivity contribution is -0.133. The number of aliphatic imine (C=N–C) groups is 1. The fraction of sp³-hybridized carbons (Fsp3) is 0.409. The van der Waals surface area contributed by atoms with Crippen LogP contribution in [0.25, 0.3) is 0 Å². The van der Waals surface area contributed by atoms with Crippen LogP contribution in [-0.4, -0.2) is 34.4 Å². The zero-order valence-electron chi connectivity index (χ0n) is 16.2. The molecule has 1 aliphatic carbocycles. The van der Waals surface area contributed by atoms with Crippen molar-refractivity contribution in [2.24, 2.45) is 10.7 Å². The summed E-state index contributed by atoms with van der Waals surface area (Å²) >= 11 is 0. The largest absolute Gasteiger partial charge is 0.487 e. The van der Waals surface area contributed by atoms with E-state index in [1.54, 1.807) is 13.2 Å². The molecule has 0 bridgehead atoms. The summed E-state index contributed by atoms with van der Waals surface area (Å²) in [4.78, 5) is 24.0. The number of carbonyl (C=O) groups excluding carboxylic acids is 1. The molecule has 1 aromatic carbocycles. The number of carbonyl (C=O) groups is 1. The van der Waals surface area contributed by atoms with E-state index < -0.39 is 11.1 Å². The van der Waals surface area contributed by atoms with Crippen LogP contribution in [0, 0.1) is 0 Å². The molecule has 0 saturated heterocycles. The van der Waals surface area contributed by atoms with Gasteiger partial charge in [0.25, 0.3) is 5.91 Å². The Morgan fingerprint density at radius 2 is 2.11 bits per heavy atom. The third-order valence-corrected chi connectivity index (χ3v) is 6.07. The molecular weight excluding hydrogens is 352 g/mol. The van der Waals surface area contributed by atoms with Crippen molar-refractivity contribution in [2.75, 3.05) is 7.05 Å². The van der Waals surface area contributed by atoms with Crippen LogP contribution in [0.5, 0.6) is 5.75 Å². The maximum Gasteiger partial charge on any atom is 0.261 e. The van der Waals surface area contributed by atoms with Gasteiger partial charge in [0.2, 0.25) is 0 Å². The Balaban J connectivity index is 1.62. The molecule has 5 rings (SSSR count). The van der Waals surface area contributed by atoms with Gasteiger partial charge < -0.3 is 10.5 Å². The van der Waals surface area contributed by atoms with Crippen molar-refractivity contribution in [1.82, 2.24) is 9.88 Å². The SMILES string of the molecule is CN1C(=O)C2(CC(C)(Cc3ccccn3)Oc3ccc(C4CC4)cc32)N=C1N. The Hall–Kier alpha value is -2.89. The van der Waals surface area contributed by atoms with Crippen LogP contribution < -0.4 is 10.5 Å². The summed E-state index contributed by atoms with van der Waals surface area (Å²) in [6.07, 6.45) is 5.19. The van der Waals surface area contributed by atoms with Crippen molar-refractivity contribution in [1.29, 1.82) is 0 Å². The molecule has 2 N–H and O–H groups in total. The number of hydrogen-bond donors (Lipinski definition) is 1. The molecule has 2 unspecified atom stereocenters. The highest BCUT2D eigenvalue weighted by atomic mass is 16.5. The number of benzene rings is 1. The number of rotatable bonds is 3. The Labute approximate surface area is 164 Å². The highest BCUT2D eigenvalue weighted by Gasteiger charge is 2.57. The van der Waals surface area contributed by atoms with Gasteiger partial charge in [0, 0.05) is 37.3 Å². The molecule has 3 aliphatic rings. The summed E-state index contributed by atoms with van der Waals surface area (Å²) in [6, 6.07) is 12.1.